The van der Waals surface area contributed by atoms with E-state index in [0.29, 0.717) is 10.8 Å². The van der Waals surface area contributed by atoms with Crippen LogP contribution in [-0.2, 0) is 6.42 Å². The highest BCUT2D eigenvalue weighted by Gasteiger charge is 2.20. The molecule has 0 aliphatic carbocycles. The van der Waals surface area contributed by atoms with Gasteiger partial charge in [0.25, 0.3) is 5.91 Å². The molecule has 0 saturated heterocycles. The number of carbonyl (C=O) groups excluding carboxylic acids is 1. The van der Waals surface area contributed by atoms with Crippen molar-refractivity contribution in [2.75, 3.05) is 4.43 Å². The van der Waals surface area contributed by atoms with Gasteiger partial charge < -0.3 is 5.32 Å². The Morgan fingerprint density at radius 3 is 2.75 bits per heavy atom. The molecule has 0 saturated carbocycles. The number of aryl methyl sites for hydroxylation is 1. The third-order valence-corrected chi connectivity index (χ3v) is 4.10. The quantitative estimate of drug-likeness (QED) is 0.653. The first-order chi connectivity index (χ1) is 7.60. The lowest BCUT2D eigenvalue weighted by molar-refractivity contribution is 0.0935. The van der Waals surface area contributed by atoms with Crippen LogP contribution in [0.25, 0.3) is 0 Å². The smallest absolute Gasteiger partial charge is 0.265 e. The summed E-state index contributed by atoms with van der Waals surface area (Å²) in [4.78, 5) is 12.6. The highest BCUT2D eigenvalue weighted by Crippen LogP contribution is 2.13. The molecule has 0 fully saturated rings. The van der Waals surface area contributed by atoms with Crippen molar-refractivity contribution in [1.29, 1.82) is 0 Å². The van der Waals surface area contributed by atoms with Crippen LogP contribution in [0, 0.1) is 5.92 Å². The highest BCUT2D eigenvalue weighted by atomic mass is 127. The van der Waals surface area contributed by atoms with Gasteiger partial charge in [-0.1, -0.05) is 47.9 Å². The van der Waals surface area contributed by atoms with Crippen LogP contribution in [0.1, 0.15) is 36.1 Å². The number of rotatable bonds is 5. The van der Waals surface area contributed by atoms with E-state index in [0.717, 1.165) is 16.5 Å². The van der Waals surface area contributed by atoms with E-state index in [1.54, 1.807) is 0 Å². The summed E-state index contributed by atoms with van der Waals surface area (Å²) < 4.78 is 4.73. The van der Waals surface area contributed by atoms with Crippen LogP contribution in [0.5, 0.6) is 0 Å². The molecule has 1 N–H and O–H groups in total. The van der Waals surface area contributed by atoms with Crippen molar-refractivity contribution in [3.63, 3.8) is 0 Å². The Bertz CT molecular complexity index is 354. The van der Waals surface area contributed by atoms with Gasteiger partial charge in [0.1, 0.15) is 4.88 Å². The van der Waals surface area contributed by atoms with Crippen LogP contribution in [0.3, 0.4) is 0 Å². The summed E-state index contributed by atoms with van der Waals surface area (Å²) in [6.45, 7) is 6.19. The fraction of sp³-hybridized carbons (Fsp3) is 0.700. The van der Waals surface area contributed by atoms with Crippen molar-refractivity contribution >= 4 is 40.0 Å². The fourth-order valence-electron chi connectivity index (χ4n) is 1.23. The van der Waals surface area contributed by atoms with E-state index in [4.69, 9.17) is 0 Å². The Labute approximate surface area is 114 Å². The first-order valence-corrected chi connectivity index (χ1v) is 7.58. The standard InChI is InChI=1S/C10H16IN3OS/c1-4-7-9(16-14-13-7)10(15)12-8(5-11)6(2)3/h6,8H,4-5H2,1-3H3,(H,12,15). The van der Waals surface area contributed by atoms with Crippen LogP contribution in [-0.4, -0.2) is 26.0 Å². The number of hydrogen-bond acceptors (Lipinski definition) is 4. The third kappa shape index (κ3) is 3.38. The minimum absolute atomic E-state index is 0.0396. The van der Waals surface area contributed by atoms with Gasteiger partial charge in [-0.3, -0.25) is 4.79 Å². The lowest BCUT2D eigenvalue weighted by Gasteiger charge is -2.19. The van der Waals surface area contributed by atoms with Crippen molar-refractivity contribution in [2.45, 2.75) is 33.2 Å². The number of hydrogen-bond donors (Lipinski definition) is 1. The first kappa shape index (κ1) is 13.8. The van der Waals surface area contributed by atoms with Gasteiger partial charge in [-0.15, -0.1) is 5.10 Å². The second-order valence-electron chi connectivity index (χ2n) is 3.88. The molecule has 0 aromatic carbocycles. The van der Waals surface area contributed by atoms with Gasteiger partial charge in [0.05, 0.1) is 5.69 Å². The molecule has 1 atom stereocenters. The predicted octanol–water partition coefficient (Wildman–Crippen LogP) is 2.29. The Hall–Kier alpha value is -0.240. The van der Waals surface area contributed by atoms with E-state index in [2.05, 4.69) is 51.3 Å². The molecule has 1 rings (SSSR count). The van der Waals surface area contributed by atoms with Crippen LogP contribution in [0.2, 0.25) is 0 Å². The number of nitrogens with zero attached hydrogens (tertiary/aromatic N) is 2. The zero-order valence-corrected chi connectivity index (χ0v) is 12.6. The molecule has 0 bridgehead atoms. The second kappa shape index (κ2) is 6.48. The van der Waals surface area contributed by atoms with Crippen molar-refractivity contribution in [3.05, 3.63) is 10.6 Å². The zero-order valence-electron chi connectivity index (χ0n) is 9.66. The molecule has 16 heavy (non-hydrogen) atoms. The van der Waals surface area contributed by atoms with E-state index >= 15 is 0 Å². The monoisotopic (exact) mass is 353 g/mol. The molecule has 1 unspecified atom stereocenters. The number of aromatic nitrogens is 2. The minimum Gasteiger partial charge on any atom is -0.347 e. The molecular formula is C10H16IN3OS. The Morgan fingerprint density at radius 2 is 2.25 bits per heavy atom. The summed E-state index contributed by atoms with van der Waals surface area (Å²) in [6.07, 6.45) is 0.746. The Kier molecular flexibility index (Phi) is 5.60. The van der Waals surface area contributed by atoms with E-state index in [1.165, 1.54) is 11.5 Å². The molecule has 0 aliphatic heterocycles. The zero-order chi connectivity index (χ0) is 12.1. The number of alkyl halides is 1. The van der Waals surface area contributed by atoms with E-state index < -0.39 is 0 Å². The molecule has 0 spiro atoms. The number of amides is 1. The minimum atomic E-state index is -0.0396. The summed E-state index contributed by atoms with van der Waals surface area (Å²) in [6, 6.07) is 0.208. The molecule has 1 aromatic heterocycles. The fourth-order valence-corrected chi connectivity index (χ4v) is 3.12. The summed E-state index contributed by atoms with van der Waals surface area (Å²) >= 11 is 3.46. The van der Waals surface area contributed by atoms with Gasteiger partial charge in [0.2, 0.25) is 0 Å². The number of nitrogens with one attached hydrogen (secondary N) is 1. The summed E-state index contributed by atoms with van der Waals surface area (Å²) in [5.74, 6) is 0.397. The topological polar surface area (TPSA) is 54.9 Å². The van der Waals surface area contributed by atoms with Crippen molar-refractivity contribution in [1.82, 2.24) is 14.9 Å². The average molecular weight is 353 g/mol. The summed E-state index contributed by atoms with van der Waals surface area (Å²) in [7, 11) is 0. The molecule has 90 valence electrons. The van der Waals surface area contributed by atoms with Crippen LogP contribution in [0.4, 0.5) is 0 Å². The van der Waals surface area contributed by atoms with Gasteiger partial charge in [0.15, 0.2) is 0 Å². The highest BCUT2D eigenvalue weighted by molar-refractivity contribution is 14.1. The molecule has 1 heterocycles. The second-order valence-corrected chi connectivity index (χ2v) is 5.52. The maximum Gasteiger partial charge on any atom is 0.265 e. The van der Waals surface area contributed by atoms with Gasteiger partial charge in [-0.25, -0.2) is 0 Å². The molecule has 1 amide bonds. The number of halogens is 1. The molecule has 6 heteroatoms. The summed E-state index contributed by atoms with van der Waals surface area (Å²) in [5, 5.41) is 6.97. The van der Waals surface area contributed by atoms with E-state index in [1.807, 2.05) is 6.92 Å². The normalized spacial score (nSPS) is 12.8. The number of carbonyl (C=O) groups is 1. The van der Waals surface area contributed by atoms with Crippen LogP contribution in [0.15, 0.2) is 0 Å². The molecule has 4 nitrogen and oxygen atoms in total. The van der Waals surface area contributed by atoms with Gasteiger partial charge in [0, 0.05) is 10.5 Å². The first-order valence-electron chi connectivity index (χ1n) is 5.28. The van der Waals surface area contributed by atoms with Gasteiger partial charge >= 0.3 is 0 Å². The predicted molar refractivity (Wildman–Crippen MR) is 74.3 cm³/mol. The van der Waals surface area contributed by atoms with Gasteiger partial charge in [-0.2, -0.15) is 0 Å². The molecule has 0 aliphatic rings. The van der Waals surface area contributed by atoms with E-state index in [-0.39, 0.29) is 11.9 Å². The average Bonchev–Trinajstić information content (AvgIpc) is 2.72. The van der Waals surface area contributed by atoms with Crippen LogP contribution >= 0.6 is 34.1 Å². The maximum absolute atomic E-state index is 12.0. The molecule has 0 radical (unpaired) electrons. The van der Waals surface area contributed by atoms with Crippen LogP contribution < -0.4 is 5.32 Å². The van der Waals surface area contributed by atoms with Crippen molar-refractivity contribution < 1.29 is 4.79 Å². The third-order valence-electron chi connectivity index (χ3n) is 2.38. The lowest BCUT2D eigenvalue weighted by atomic mass is 10.1. The lowest BCUT2D eigenvalue weighted by Crippen LogP contribution is -2.39. The SMILES string of the molecule is CCc1nnsc1C(=O)NC(CI)C(C)C. The molecule has 1 aromatic rings. The summed E-state index contributed by atoms with van der Waals surface area (Å²) in [5.41, 5.74) is 0.790. The molecular weight excluding hydrogens is 337 g/mol. The van der Waals surface area contributed by atoms with Gasteiger partial charge in [-0.05, 0) is 23.9 Å². The Morgan fingerprint density at radius 1 is 1.56 bits per heavy atom. The van der Waals surface area contributed by atoms with E-state index in [9.17, 15) is 4.79 Å². The largest absolute Gasteiger partial charge is 0.347 e. The van der Waals surface area contributed by atoms with Crippen molar-refractivity contribution in [2.24, 2.45) is 5.92 Å². The van der Waals surface area contributed by atoms with Crippen molar-refractivity contribution in [3.8, 4) is 0 Å². The Balaban J connectivity index is 2.71. The maximum atomic E-state index is 12.0.